The number of hydrogen-bond acceptors (Lipinski definition) is 4. The monoisotopic (exact) mass is 388 g/mol. The molecule has 0 aliphatic carbocycles. The smallest absolute Gasteiger partial charge is 0.203 e. The van der Waals surface area contributed by atoms with Crippen molar-refractivity contribution in [3.63, 3.8) is 0 Å². The molecule has 1 aromatic heterocycles. The van der Waals surface area contributed by atoms with Crippen LogP contribution in [0.15, 0.2) is 36.4 Å². The number of ether oxygens (including phenoxy) is 3. The molecule has 1 aliphatic rings. The third kappa shape index (κ3) is 3.22. The minimum absolute atomic E-state index is 0. The second kappa shape index (κ2) is 7.71. The Hall–Kier alpha value is -2.37. The highest BCUT2D eigenvalue weighted by Crippen LogP contribution is 2.42. The summed E-state index contributed by atoms with van der Waals surface area (Å²) in [4.78, 5) is 3.61. The predicted molar refractivity (Wildman–Crippen MR) is 110 cm³/mol. The number of halogens is 1. The summed E-state index contributed by atoms with van der Waals surface area (Å²) in [5.41, 5.74) is 4.84. The average Bonchev–Trinajstić information content (AvgIpc) is 3.04. The van der Waals surface area contributed by atoms with Crippen LogP contribution in [-0.2, 0) is 6.42 Å². The average molecular weight is 389 g/mol. The van der Waals surface area contributed by atoms with Crippen molar-refractivity contribution >= 4 is 23.3 Å². The zero-order valence-corrected chi connectivity index (χ0v) is 16.8. The lowest BCUT2D eigenvalue weighted by atomic mass is 9.90. The number of nitrogens with one attached hydrogen (secondary N) is 2. The van der Waals surface area contributed by atoms with Crippen molar-refractivity contribution in [3.8, 4) is 17.2 Å². The molecule has 1 aliphatic heterocycles. The number of rotatable bonds is 4. The Kier molecular flexibility index (Phi) is 5.53. The highest BCUT2D eigenvalue weighted by molar-refractivity contribution is 5.86. The van der Waals surface area contributed by atoms with Crippen LogP contribution in [0.1, 0.15) is 29.8 Å². The van der Waals surface area contributed by atoms with E-state index in [1.54, 1.807) is 21.3 Å². The summed E-state index contributed by atoms with van der Waals surface area (Å²) < 4.78 is 16.5. The maximum absolute atomic E-state index is 5.54. The minimum Gasteiger partial charge on any atom is -0.493 e. The molecule has 0 radical (unpaired) electrons. The molecule has 2 atom stereocenters. The van der Waals surface area contributed by atoms with E-state index < -0.39 is 0 Å². The maximum Gasteiger partial charge on any atom is 0.203 e. The lowest BCUT2D eigenvalue weighted by molar-refractivity contribution is 0.322. The number of para-hydroxylation sites is 1. The molecule has 2 unspecified atom stereocenters. The highest BCUT2D eigenvalue weighted by Gasteiger charge is 2.30. The summed E-state index contributed by atoms with van der Waals surface area (Å²) in [6.07, 6.45) is 1.00. The van der Waals surface area contributed by atoms with Crippen molar-refractivity contribution in [1.29, 1.82) is 0 Å². The van der Waals surface area contributed by atoms with E-state index in [-0.39, 0.29) is 18.4 Å². The SMILES string of the molecule is COc1cc(C2NC(C)Cc3c2[nH]c2ccccc32)cc(OC)c1OC.Cl. The van der Waals surface area contributed by atoms with E-state index in [0.717, 1.165) is 12.0 Å². The van der Waals surface area contributed by atoms with Gasteiger partial charge in [0.2, 0.25) is 5.75 Å². The maximum atomic E-state index is 5.54. The Bertz CT molecular complexity index is 929. The van der Waals surface area contributed by atoms with Crippen LogP contribution in [-0.4, -0.2) is 32.4 Å². The van der Waals surface area contributed by atoms with Gasteiger partial charge in [-0.15, -0.1) is 12.4 Å². The third-order valence-electron chi connectivity index (χ3n) is 5.12. The molecule has 2 N–H and O–H groups in total. The van der Waals surface area contributed by atoms with Gasteiger partial charge in [-0.05, 0) is 42.7 Å². The van der Waals surface area contributed by atoms with Gasteiger partial charge in [0.05, 0.1) is 27.4 Å². The van der Waals surface area contributed by atoms with Crippen LogP contribution in [0.2, 0.25) is 0 Å². The molecular formula is C21H25ClN2O3. The van der Waals surface area contributed by atoms with Crippen molar-refractivity contribution in [3.05, 3.63) is 53.2 Å². The van der Waals surface area contributed by atoms with Crippen molar-refractivity contribution < 1.29 is 14.2 Å². The molecule has 6 heteroatoms. The van der Waals surface area contributed by atoms with Crippen LogP contribution in [0.5, 0.6) is 17.2 Å². The highest BCUT2D eigenvalue weighted by atomic mass is 35.5. The Morgan fingerprint density at radius 1 is 0.963 bits per heavy atom. The van der Waals surface area contributed by atoms with Gasteiger partial charge < -0.3 is 24.5 Å². The van der Waals surface area contributed by atoms with Crippen molar-refractivity contribution in [1.82, 2.24) is 10.3 Å². The molecule has 144 valence electrons. The van der Waals surface area contributed by atoms with Crippen molar-refractivity contribution in [2.24, 2.45) is 0 Å². The summed E-state index contributed by atoms with van der Waals surface area (Å²) in [6, 6.07) is 12.9. The van der Waals surface area contributed by atoms with Gasteiger partial charge in [0.15, 0.2) is 11.5 Å². The zero-order chi connectivity index (χ0) is 18.3. The molecule has 2 aromatic carbocycles. The van der Waals surface area contributed by atoms with Gasteiger partial charge in [-0.25, -0.2) is 0 Å². The number of H-pyrrole nitrogens is 1. The first-order valence-electron chi connectivity index (χ1n) is 8.81. The zero-order valence-electron chi connectivity index (χ0n) is 16.0. The Morgan fingerprint density at radius 2 is 1.63 bits per heavy atom. The molecule has 2 heterocycles. The van der Waals surface area contributed by atoms with Crippen LogP contribution in [0, 0.1) is 0 Å². The molecule has 0 amide bonds. The van der Waals surface area contributed by atoms with Gasteiger partial charge in [0.25, 0.3) is 0 Å². The summed E-state index contributed by atoms with van der Waals surface area (Å²) in [6.45, 7) is 2.22. The fourth-order valence-corrected chi connectivity index (χ4v) is 3.95. The lowest BCUT2D eigenvalue weighted by Crippen LogP contribution is -2.37. The van der Waals surface area contributed by atoms with E-state index in [0.29, 0.717) is 23.3 Å². The topological polar surface area (TPSA) is 55.5 Å². The number of benzene rings is 2. The molecule has 4 rings (SSSR count). The fraction of sp³-hybridized carbons (Fsp3) is 0.333. The van der Waals surface area contributed by atoms with Crippen molar-refractivity contribution in [2.45, 2.75) is 25.4 Å². The van der Waals surface area contributed by atoms with E-state index >= 15 is 0 Å². The van der Waals surface area contributed by atoms with Gasteiger partial charge >= 0.3 is 0 Å². The number of hydrogen-bond donors (Lipinski definition) is 2. The summed E-state index contributed by atoms with van der Waals surface area (Å²) in [5, 5.41) is 5.01. The molecule has 0 fully saturated rings. The Labute approximate surface area is 165 Å². The van der Waals surface area contributed by atoms with Crippen LogP contribution < -0.4 is 19.5 Å². The number of aromatic amines is 1. The third-order valence-corrected chi connectivity index (χ3v) is 5.12. The van der Waals surface area contributed by atoms with Gasteiger partial charge in [0.1, 0.15) is 0 Å². The van der Waals surface area contributed by atoms with E-state index in [1.807, 2.05) is 12.1 Å². The first-order chi connectivity index (χ1) is 12.7. The lowest BCUT2D eigenvalue weighted by Gasteiger charge is -2.30. The van der Waals surface area contributed by atoms with Crippen LogP contribution in [0.3, 0.4) is 0 Å². The van der Waals surface area contributed by atoms with Crippen LogP contribution in [0.25, 0.3) is 10.9 Å². The Balaban J connectivity index is 0.00000210. The van der Waals surface area contributed by atoms with E-state index in [9.17, 15) is 0 Å². The summed E-state index contributed by atoms with van der Waals surface area (Å²) in [5.74, 6) is 1.94. The quantitative estimate of drug-likeness (QED) is 0.702. The number of methoxy groups -OCH3 is 3. The predicted octanol–water partition coefficient (Wildman–Crippen LogP) is 4.24. The molecular weight excluding hydrogens is 364 g/mol. The fourth-order valence-electron chi connectivity index (χ4n) is 3.95. The normalized spacial score (nSPS) is 18.5. The van der Waals surface area contributed by atoms with E-state index in [4.69, 9.17) is 14.2 Å². The molecule has 27 heavy (non-hydrogen) atoms. The van der Waals surface area contributed by atoms with Gasteiger partial charge in [-0.2, -0.15) is 0 Å². The molecule has 0 spiro atoms. The second-order valence-corrected chi connectivity index (χ2v) is 6.73. The second-order valence-electron chi connectivity index (χ2n) is 6.73. The Morgan fingerprint density at radius 3 is 2.26 bits per heavy atom. The van der Waals surface area contributed by atoms with E-state index in [1.165, 1.54) is 22.2 Å². The minimum atomic E-state index is 0. The first kappa shape index (κ1) is 19.4. The molecule has 0 bridgehead atoms. The molecule has 0 saturated heterocycles. The number of aromatic nitrogens is 1. The molecule has 3 aromatic rings. The van der Waals surface area contributed by atoms with Gasteiger partial charge in [-0.3, -0.25) is 0 Å². The summed E-state index contributed by atoms with van der Waals surface area (Å²) in [7, 11) is 4.91. The van der Waals surface area contributed by atoms with E-state index in [2.05, 4.69) is 41.5 Å². The van der Waals surface area contributed by atoms with Gasteiger partial charge in [-0.1, -0.05) is 18.2 Å². The summed E-state index contributed by atoms with van der Waals surface area (Å²) >= 11 is 0. The largest absolute Gasteiger partial charge is 0.493 e. The standard InChI is InChI=1S/C21H24N2O3.ClH/c1-12-9-15-14-7-5-6-8-16(14)23-20(15)19(22-12)13-10-17(24-2)21(26-4)18(11-13)25-3;/h5-8,10-12,19,22-23H,9H2,1-4H3;1H. The van der Waals surface area contributed by atoms with Gasteiger partial charge in [0, 0.05) is 22.6 Å². The van der Waals surface area contributed by atoms with Crippen LogP contribution >= 0.6 is 12.4 Å². The van der Waals surface area contributed by atoms with Crippen LogP contribution in [0.4, 0.5) is 0 Å². The first-order valence-corrected chi connectivity index (χ1v) is 8.81. The molecule has 0 saturated carbocycles. The number of fused-ring (bicyclic) bond motifs is 3. The molecule has 5 nitrogen and oxygen atoms in total. The van der Waals surface area contributed by atoms with Crippen molar-refractivity contribution in [2.75, 3.05) is 21.3 Å².